The first-order valence-electron chi connectivity index (χ1n) is 4.79. The Balaban J connectivity index is 3.85. The summed E-state index contributed by atoms with van der Waals surface area (Å²) in [5, 5.41) is 8.24. The molecular formula is C8H16N2O4S2. The van der Waals surface area contributed by atoms with Gasteiger partial charge in [-0.2, -0.15) is 5.26 Å². The Hall–Kier alpha value is -0.650. The molecule has 0 aliphatic heterocycles. The zero-order chi connectivity index (χ0) is 12.7. The number of unbranched alkanes of at least 4 members (excludes halogenated alkanes) is 2. The summed E-state index contributed by atoms with van der Waals surface area (Å²) in [5.41, 5.74) is 0. The van der Waals surface area contributed by atoms with Crippen molar-refractivity contribution in [3.8, 4) is 6.07 Å². The predicted octanol–water partition coefficient (Wildman–Crippen LogP) is -0.356. The van der Waals surface area contributed by atoms with Gasteiger partial charge in [0.05, 0.1) is 17.6 Å². The maximum Gasteiger partial charge on any atom is 0.212 e. The second kappa shape index (κ2) is 6.83. The Bertz CT molecular complexity index is 433. The lowest BCUT2D eigenvalue weighted by Gasteiger charge is -2.04. The van der Waals surface area contributed by atoms with Crippen molar-refractivity contribution in [3.05, 3.63) is 0 Å². The summed E-state index contributed by atoms with van der Waals surface area (Å²) >= 11 is 0. The van der Waals surface area contributed by atoms with Crippen LogP contribution in [0.25, 0.3) is 0 Å². The fraction of sp³-hybridized carbons (Fsp3) is 0.875. The standard InChI is InChI=1S/C8H16N2O4S2/c1-15(11,12)7-8-16(13,14)10-6-4-2-3-5-9/h10H,2-4,6-8H2,1H3. The van der Waals surface area contributed by atoms with E-state index < -0.39 is 25.6 Å². The monoisotopic (exact) mass is 268 g/mol. The minimum Gasteiger partial charge on any atom is -0.229 e. The fourth-order valence-electron chi connectivity index (χ4n) is 0.890. The van der Waals surface area contributed by atoms with Crippen LogP contribution in [-0.2, 0) is 19.9 Å². The van der Waals surface area contributed by atoms with Crippen LogP contribution in [0, 0.1) is 11.3 Å². The first kappa shape index (κ1) is 15.3. The van der Waals surface area contributed by atoms with E-state index in [1.54, 1.807) is 0 Å². The van der Waals surface area contributed by atoms with Crippen LogP contribution in [-0.4, -0.2) is 41.1 Å². The molecule has 0 heterocycles. The summed E-state index contributed by atoms with van der Waals surface area (Å²) in [5.74, 6) is -0.787. The second-order valence-electron chi connectivity index (χ2n) is 3.46. The van der Waals surface area contributed by atoms with Gasteiger partial charge in [-0.1, -0.05) is 0 Å². The van der Waals surface area contributed by atoms with Gasteiger partial charge < -0.3 is 0 Å². The Kier molecular flexibility index (Phi) is 6.55. The number of sulfonamides is 1. The predicted molar refractivity (Wildman–Crippen MR) is 61.0 cm³/mol. The normalized spacial score (nSPS) is 12.2. The summed E-state index contributed by atoms with van der Waals surface area (Å²) in [4.78, 5) is 0. The smallest absolute Gasteiger partial charge is 0.212 e. The number of rotatable bonds is 8. The first-order chi connectivity index (χ1) is 7.27. The zero-order valence-electron chi connectivity index (χ0n) is 9.14. The van der Waals surface area contributed by atoms with E-state index in [4.69, 9.17) is 5.26 Å². The van der Waals surface area contributed by atoms with Gasteiger partial charge in [-0.3, -0.25) is 0 Å². The highest BCUT2D eigenvalue weighted by atomic mass is 32.2. The largest absolute Gasteiger partial charge is 0.229 e. The van der Waals surface area contributed by atoms with E-state index in [0.29, 0.717) is 19.3 Å². The van der Waals surface area contributed by atoms with E-state index in [0.717, 1.165) is 6.26 Å². The highest BCUT2D eigenvalue weighted by molar-refractivity contribution is 7.93. The number of nitriles is 1. The molecule has 94 valence electrons. The molecule has 0 spiro atoms. The van der Waals surface area contributed by atoms with Gasteiger partial charge in [0.2, 0.25) is 10.0 Å². The molecule has 0 aliphatic rings. The van der Waals surface area contributed by atoms with Crippen LogP contribution in [0.2, 0.25) is 0 Å². The molecule has 0 aromatic heterocycles. The van der Waals surface area contributed by atoms with E-state index in [9.17, 15) is 16.8 Å². The van der Waals surface area contributed by atoms with Crippen LogP contribution in [0.15, 0.2) is 0 Å². The summed E-state index contributed by atoms with van der Waals surface area (Å²) in [6.07, 6.45) is 2.59. The molecule has 0 aliphatic carbocycles. The van der Waals surface area contributed by atoms with Gasteiger partial charge in [-0.15, -0.1) is 0 Å². The van der Waals surface area contributed by atoms with Crippen LogP contribution in [0.4, 0.5) is 0 Å². The molecule has 8 heteroatoms. The SMILES string of the molecule is CS(=O)(=O)CCS(=O)(=O)NCCCCC#N. The maximum atomic E-state index is 11.3. The molecule has 0 radical (unpaired) electrons. The van der Waals surface area contributed by atoms with Crippen molar-refractivity contribution in [1.82, 2.24) is 4.72 Å². The molecule has 0 fully saturated rings. The Morgan fingerprint density at radius 2 is 1.75 bits per heavy atom. The van der Waals surface area contributed by atoms with Gasteiger partial charge >= 0.3 is 0 Å². The topological polar surface area (TPSA) is 104 Å². The highest BCUT2D eigenvalue weighted by Gasteiger charge is 2.13. The van der Waals surface area contributed by atoms with Gasteiger partial charge in [0.1, 0.15) is 9.84 Å². The first-order valence-corrected chi connectivity index (χ1v) is 8.50. The van der Waals surface area contributed by atoms with Crippen molar-refractivity contribution in [2.24, 2.45) is 0 Å². The molecule has 1 N–H and O–H groups in total. The van der Waals surface area contributed by atoms with E-state index in [1.165, 1.54) is 0 Å². The molecule has 0 bridgehead atoms. The molecule has 0 saturated heterocycles. The van der Waals surface area contributed by atoms with Crippen LogP contribution in [0.5, 0.6) is 0 Å². The Labute approximate surface area is 96.6 Å². The minimum absolute atomic E-state index is 0.244. The Morgan fingerprint density at radius 3 is 2.25 bits per heavy atom. The third-order valence-corrected chi connectivity index (χ3v) is 4.35. The molecule has 6 nitrogen and oxygen atoms in total. The highest BCUT2D eigenvalue weighted by Crippen LogP contribution is 1.94. The molecule has 16 heavy (non-hydrogen) atoms. The second-order valence-corrected chi connectivity index (χ2v) is 7.64. The molecule has 0 amide bonds. The van der Waals surface area contributed by atoms with E-state index in [2.05, 4.69) is 4.72 Å². The lowest BCUT2D eigenvalue weighted by atomic mass is 10.2. The van der Waals surface area contributed by atoms with Crippen LogP contribution < -0.4 is 4.72 Å². The summed E-state index contributed by atoms with van der Waals surface area (Å²) in [6, 6.07) is 1.95. The third-order valence-electron chi connectivity index (χ3n) is 1.76. The average molecular weight is 268 g/mol. The van der Waals surface area contributed by atoms with Crippen molar-refractivity contribution >= 4 is 19.9 Å². The molecule has 0 rings (SSSR count). The van der Waals surface area contributed by atoms with Gasteiger partial charge in [0.15, 0.2) is 0 Å². The van der Waals surface area contributed by atoms with Crippen LogP contribution in [0.3, 0.4) is 0 Å². The van der Waals surface area contributed by atoms with Crippen molar-refractivity contribution < 1.29 is 16.8 Å². The van der Waals surface area contributed by atoms with Crippen molar-refractivity contribution in [2.75, 3.05) is 24.3 Å². The molecule has 0 saturated carbocycles. The van der Waals surface area contributed by atoms with Crippen LogP contribution in [0.1, 0.15) is 19.3 Å². The van der Waals surface area contributed by atoms with Crippen molar-refractivity contribution in [2.45, 2.75) is 19.3 Å². The molecular weight excluding hydrogens is 252 g/mol. The van der Waals surface area contributed by atoms with Gasteiger partial charge in [-0.25, -0.2) is 21.6 Å². The van der Waals surface area contributed by atoms with E-state index >= 15 is 0 Å². The summed E-state index contributed by atoms with van der Waals surface area (Å²) in [7, 11) is -6.77. The number of nitrogens with zero attached hydrogens (tertiary/aromatic N) is 1. The molecule has 0 aromatic rings. The molecule has 0 aromatic carbocycles. The lowest BCUT2D eigenvalue weighted by Crippen LogP contribution is -2.30. The number of hydrogen-bond acceptors (Lipinski definition) is 5. The fourth-order valence-corrected chi connectivity index (χ4v) is 3.58. The van der Waals surface area contributed by atoms with Gasteiger partial charge in [0.25, 0.3) is 0 Å². The van der Waals surface area contributed by atoms with Gasteiger partial charge in [0, 0.05) is 19.2 Å². The van der Waals surface area contributed by atoms with E-state index in [1.807, 2.05) is 6.07 Å². The molecule has 0 atom stereocenters. The minimum atomic E-state index is -3.51. The maximum absolute atomic E-state index is 11.3. The number of sulfone groups is 1. The third kappa shape index (κ3) is 9.89. The van der Waals surface area contributed by atoms with Crippen LogP contribution >= 0.6 is 0 Å². The summed E-state index contributed by atoms with van der Waals surface area (Å²) in [6.45, 7) is 0.244. The lowest BCUT2D eigenvalue weighted by molar-refractivity contribution is 0.575. The number of hydrogen-bond donors (Lipinski definition) is 1. The van der Waals surface area contributed by atoms with Crippen molar-refractivity contribution in [1.29, 1.82) is 5.26 Å². The van der Waals surface area contributed by atoms with Crippen molar-refractivity contribution in [3.63, 3.8) is 0 Å². The van der Waals surface area contributed by atoms with E-state index in [-0.39, 0.29) is 12.3 Å². The molecule has 0 unspecified atom stereocenters. The summed E-state index contributed by atoms with van der Waals surface area (Å²) < 4.78 is 46.4. The zero-order valence-corrected chi connectivity index (χ0v) is 10.8. The average Bonchev–Trinajstić information content (AvgIpc) is 2.14. The Morgan fingerprint density at radius 1 is 1.12 bits per heavy atom. The van der Waals surface area contributed by atoms with Gasteiger partial charge in [-0.05, 0) is 12.8 Å². The number of nitrogens with one attached hydrogen (secondary N) is 1. The quantitative estimate of drug-likeness (QED) is 0.606.